The van der Waals surface area contributed by atoms with Crippen LogP contribution < -0.4 is 0 Å². The molecule has 2 fully saturated rings. The summed E-state index contributed by atoms with van der Waals surface area (Å²) in [7, 11) is -2.99. The lowest BCUT2D eigenvalue weighted by molar-refractivity contribution is -0.136. The van der Waals surface area contributed by atoms with Crippen LogP contribution in [0.5, 0.6) is 0 Å². The van der Waals surface area contributed by atoms with E-state index in [1.807, 2.05) is 11.0 Å². The molecule has 1 amide bonds. The van der Waals surface area contributed by atoms with E-state index in [0.29, 0.717) is 6.42 Å². The molecule has 0 spiro atoms. The Morgan fingerprint density at radius 1 is 1.08 bits per heavy atom. The summed E-state index contributed by atoms with van der Waals surface area (Å²) in [6.45, 7) is 4.27. The number of hydrogen-bond acceptors (Lipinski definition) is 4. The topological polar surface area (TPSA) is 57.7 Å². The number of nitrogens with zero attached hydrogens (tertiary/aromatic N) is 2. The van der Waals surface area contributed by atoms with E-state index < -0.39 is 9.84 Å². The largest absolute Gasteiger partial charge is 0.340 e. The van der Waals surface area contributed by atoms with Gasteiger partial charge < -0.3 is 4.90 Å². The maximum absolute atomic E-state index is 12.4. The molecular weight excluding hydrogens is 324 g/mol. The minimum atomic E-state index is -2.99. The molecule has 0 N–H and O–H groups in total. The van der Waals surface area contributed by atoms with Gasteiger partial charge in [-0.05, 0) is 31.4 Å². The molecule has 1 aromatic rings. The highest BCUT2D eigenvalue weighted by atomic mass is 32.2. The van der Waals surface area contributed by atoms with Gasteiger partial charge in [-0.2, -0.15) is 0 Å². The number of amides is 1. The fourth-order valence-corrected chi connectivity index (χ4v) is 5.32. The summed E-state index contributed by atoms with van der Waals surface area (Å²) in [6.07, 6.45) is 2.71. The molecule has 24 heavy (non-hydrogen) atoms. The highest BCUT2D eigenvalue weighted by molar-refractivity contribution is 7.91. The Balaban J connectivity index is 1.39. The van der Waals surface area contributed by atoms with E-state index in [4.69, 9.17) is 0 Å². The summed E-state index contributed by atoms with van der Waals surface area (Å²) >= 11 is 0. The van der Waals surface area contributed by atoms with Crippen molar-refractivity contribution in [1.29, 1.82) is 0 Å². The molecule has 1 aromatic carbocycles. The molecule has 2 saturated heterocycles. The van der Waals surface area contributed by atoms with E-state index >= 15 is 0 Å². The van der Waals surface area contributed by atoms with Crippen LogP contribution in [0.1, 0.15) is 18.4 Å². The van der Waals surface area contributed by atoms with Crippen molar-refractivity contribution >= 4 is 15.7 Å². The Morgan fingerprint density at radius 2 is 1.79 bits per heavy atom. The molecule has 0 aromatic heterocycles. The van der Waals surface area contributed by atoms with Gasteiger partial charge in [0.15, 0.2) is 9.84 Å². The number of rotatable bonds is 5. The lowest BCUT2D eigenvalue weighted by atomic mass is 10.1. The Bertz CT molecular complexity index is 652. The second kappa shape index (κ2) is 7.66. The molecule has 2 aliphatic heterocycles. The van der Waals surface area contributed by atoms with Crippen LogP contribution in [0.25, 0.3) is 0 Å². The highest BCUT2D eigenvalue weighted by Crippen LogP contribution is 2.21. The van der Waals surface area contributed by atoms with Crippen molar-refractivity contribution in [3.8, 4) is 0 Å². The van der Waals surface area contributed by atoms with E-state index in [9.17, 15) is 13.2 Å². The Morgan fingerprint density at radius 3 is 2.42 bits per heavy atom. The molecular formula is C18H26N2O3S. The van der Waals surface area contributed by atoms with Gasteiger partial charge in [0.2, 0.25) is 5.91 Å². The second-order valence-electron chi connectivity index (χ2n) is 6.86. The van der Waals surface area contributed by atoms with Gasteiger partial charge in [-0.25, -0.2) is 8.42 Å². The molecule has 1 atom stereocenters. The van der Waals surface area contributed by atoms with E-state index in [0.717, 1.165) is 45.6 Å². The molecule has 0 bridgehead atoms. The number of aryl methyl sites for hydroxylation is 1. The third-order valence-corrected chi connectivity index (χ3v) is 6.82. The number of hydrogen-bond donors (Lipinski definition) is 0. The quantitative estimate of drug-likeness (QED) is 0.801. The zero-order valence-electron chi connectivity index (χ0n) is 14.1. The fraction of sp³-hybridized carbons (Fsp3) is 0.611. The standard InChI is InChI=1S/C18H26N2O3S/c21-18(17-8-14-24(22,23)15-17)20-12-10-19(11-13-20)9-4-7-16-5-2-1-3-6-16/h1-3,5-6,17H,4,7-15H2/t17-/m0/s1. The third kappa shape index (κ3) is 4.57. The van der Waals surface area contributed by atoms with Gasteiger partial charge in [-0.3, -0.25) is 9.69 Å². The van der Waals surface area contributed by atoms with Crippen LogP contribution in [-0.2, 0) is 21.1 Å². The first-order chi connectivity index (χ1) is 11.5. The summed E-state index contributed by atoms with van der Waals surface area (Å²) in [4.78, 5) is 16.7. The highest BCUT2D eigenvalue weighted by Gasteiger charge is 2.36. The van der Waals surface area contributed by atoms with Gasteiger partial charge in [0.05, 0.1) is 17.4 Å². The maximum Gasteiger partial charge on any atom is 0.226 e. The molecule has 3 rings (SSSR count). The molecule has 0 radical (unpaired) electrons. The Hall–Kier alpha value is -1.40. The number of carbonyl (C=O) groups is 1. The van der Waals surface area contributed by atoms with Crippen molar-refractivity contribution in [2.24, 2.45) is 5.92 Å². The summed E-state index contributed by atoms with van der Waals surface area (Å²) in [5.41, 5.74) is 1.37. The van der Waals surface area contributed by atoms with E-state index in [-0.39, 0.29) is 23.3 Å². The van der Waals surface area contributed by atoms with Gasteiger partial charge in [-0.1, -0.05) is 30.3 Å². The molecule has 132 valence electrons. The summed E-state index contributed by atoms with van der Waals surface area (Å²) < 4.78 is 23.1. The average molecular weight is 350 g/mol. The molecule has 0 aliphatic carbocycles. The molecule has 0 saturated carbocycles. The van der Waals surface area contributed by atoms with Crippen molar-refractivity contribution in [3.63, 3.8) is 0 Å². The molecule has 2 heterocycles. The van der Waals surface area contributed by atoms with Crippen LogP contribution in [0.2, 0.25) is 0 Å². The third-order valence-electron chi connectivity index (χ3n) is 5.05. The van der Waals surface area contributed by atoms with Crippen molar-refractivity contribution in [3.05, 3.63) is 35.9 Å². The minimum absolute atomic E-state index is 0.0417. The molecule has 5 nitrogen and oxygen atoms in total. The molecule has 0 unspecified atom stereocenters. The van der Waals surface area contributed by atoms with Gasteiger partial charge in [0.1, 0.15) is 0 Å². The predicted octanol–water partition coefficient (Wildman–Crippen LogP) is 1.20. The second-order valence-corrected chi connectivity index (χ2v) is 9.08. The summed E-state index contributed by atoms with van der Waals surface area (Å²) in [6, 6.07) is 10.5. The monoisotopic (exact) mass is 350 g/mol. The SMILES string of the molecule is O=C([C@H]1CCS(=O)(=O)C1)N1CCN(CCCc2ccccc2)CC1. The number of piperazine rings is 1. The first-order valence-corrected chi connectivity index (χ1v) is 10.6. The zero-order valence-corrected chi connectivity index (χ0v) is 14.9. The smallest absolute Gasteiger partial charge is 0.226 e. The van der Waals surface area contributed by atoms with Crippen LogP contribution >= 0.6 is 0 Å². The lowest BCUT2D eigenvalue weighted by Gasteiger charge is -2.35. The average Bonchev–Trinajstić information content (AvgIpc) is 2.96. The van der Waals surface area contributed by atoms with Gasteiger partial charge in [0.25, 0.3) is 0 Å². The Kier molecular flexibility index (Phi) is 5.56. The van der Waals surface area contributed by atoms with Crippen molar-refractivity contribution < 1.29 is 13.2 Å². The van der Waals surface area contributed by atoms with E-state index in [1.165, 1.54) is 5.56 Å². The number of sulfone groups is 1. The maximum atomic E-state index is 12.4. The first-order valence-electron chi connectivity index (χ1n) is 8.79. The number of carbonyl (C=O) groups excluding carboxylic acids is 1. The summed E-state index contributed by atoms with van der Waals surface area (Å²) in [5, 5.41) is 0. The predicted molar refractivity (Wildman–Crippen MR) is 94.5 cm³/mol. The van der Waals surface area contributed by atoms with Crippen LogP contribution in [-0.4, -0.2) is 68.4 Å². The molecule has 2 aliphatic rings. The van der Waals surface area contributed by atoms with Crippen molar-refractivity contribution in [2.75, 3.05) is 44.2 Å². The van der Waals surface area contributed by atoms with Gasteiger partial charge in [-0.15, -0.1) is 0 Å². The molecule has 6 heteroatoms. The van der Waals surface area contributed by atoms with E-state index in [1.54, 1.807) is 0 Å². The van der Waals surface area contributed by atoms with Gasteiger partial charge in [0, 0.05) is 26.2 Å². The van der Waals surface area contributed by atoms with E-state index in [2.05, 4.69) is 29.2 Å². The van der Waals surface area contributed by atoms with Crippen LogP contribution in [0, 0.1) is 5.92 Å². The minimum Gasteiger partial charge on any atom is -0.340 e. The first kappa shape index (κ1) is 17.4. The number of benzene rings is 1. The summed E-state index contributed by atoms with van der Waals surface area (Å²) in [5.74, 6) is -0.0500. The normalized spacial score (nSPS) is 24.2. The van der Waals surface area contributed by atoms with Crippen molar-refractivity contribution in [2.45, 2.75) is 19.3 Å². The van der Waals surface area contributed by atoms with Crippen LogP contribution in [0.3, 0.4) is 0 Å². The zero-order chi connectivity index (χ0) is 17.0. The van der Waals surface area contributed by atoms with Crippen LogP contribution in [0.15, 0.2) is 30.3 Å². The van der Waals surface area contributed by atoms with Gasteiger partial charge >= 0.3 is 0 Å². The lowest BCUT2D eigenvalue weighted by Crippen LogP contribution is -2.50. The fourth-order valence-electron chi connectivity index (χ4n) is 3.59. The van der Waals surface area contributed by atoms with Crippen molar-refractivity contribution in [1.82, 2.24) is 9.80 Å². The Labute approximate surface area is 144 Å². The van der Waals surface area contributed by atoms with Crippen LogP contribution in [0.4, 0.5) is 0 Å².